The molecule has 17 heavy (non-hydrogen) atoms. The summed E-state index contributed by atoms with van der Waals surface area (Å²) < 4.78 is 23.6. The van der Waals surface area contributed by atoms with E-state index in [-0.39, 0.29) is 9.20 Å². The van der Waals surface area contributed by atoms with Gasteiger partial charge in [0.05, 0.1) is 4.90 Å². The summed E-state index contributed by atoms with van der Waals surface area (Å²) in [6.07, 6.45) is -1.12. The lowest BCUT2D eigenvalue weighted by Gasteiger charge is -2.13. The van der Waals surface area contributed by atoms with E-state index in [0.29, 0.717) is 12.1 Å². The van der Waals surface area contributed by atoms with Crippen molar-refractivity contribution in [2.24, 2.45) is 0 Å². The third-order valence-electron chi connectivity index (χ3n) is 2.01. The highest BCUT2D eigenvalue weighted by atomic mass is 32.2. The van der Waals surface area contributed by atoms with Gasteiger partial charge in [-0.05, 0) is 24.3 Å². The van der Waals surface area contributed by atoms with E-state index in [0.717, 1.165) is 7.05 Å². The molecule has 0 saturated carbocycles. The first-order valence-corrected chi connectivity index (χ1v) is 5.85. The average molecular weight is 258 g/mol. The number of anilines is 1. The molecule has 0 radical (unpaired) electrons. The Labute approximate surface area is 97.7 Å². The number of hydrogen-bond acceptors (Lipinski definition) is 4. The summed E-state index contributed by atoms with van der Waals surface area (Å²) in [7, 11) is -3.11. The molecule has 2 N–H and O–H groups in total. The van der Waals surface area contributed by atoms with E-state index in [1.807, 2.05) is 0 Å². The molecular weight excluding hydrogens is 248 g/mol. The Balaban J connectivity index is 3.08. The fourth-order valence-electron chi connectivity index (χ4n) is 1.05. The molecule has 0 aliphatic heterocycles. The number of amides is 2. The van der Waals surface area contributed by atoms with Gasteiger partial charge in [-0.25, -0.2) is 17.5 Å². The monoisotopic (exact) mass is 258 g/mol. The van der Waals surface area contributed by atoms with Gasteiger partial charge >= 0.3 is 6.09 Å². The van der Waals surface area contributed by atoms with E-state index < -0.39 is 16.1 Å². The fraction of sp³-hybridized carbons (Fsp3) is 0.111. The van der Waals surface area contributed by atoms with Crippen LogP contribution in [0.5, 0.6) is 0 Å². The highest BCUT2D eigenvalue weighted by Crippen LogP contribution is 2.17. The zero-order valence-corrected chi connectivity index (χ0v) is 9.64. The van der Waals surface area contributed by atoms with Crippen LogP contribution in [0.25, 0.3) is 0 Å². The molecule has 1 aromatic rings. The highest BCUT2D eigenvalue weighted by molar-refractivity contribution is 7.89. The Hall–Kier alpha value is -2.09. The summed E-state index contributed by atoms with van der Waals surface area (Å²) in [6.45, 7) is 0. The van der Waals surface area contributed by atoms with Gasteiger partial charge in [0.15, 0.2) is 0 Å². The second-order valence-electron chi connectivity index (χ2n) is 3.04. The molecule has 0 aliphatic carbocycles. The minimum atomic E-state index is -4.05. The third kappa shape index (κ3) is 2.72. The zero-order chi connectivity index (χ0) is 13.1. The van der Waals surface area contributed by atoms with Crippen molar-refractivity contribution in [2.75, 3.05) is 12.4 Å². The number of sulfonamides is 1. The van der Waals surface area contributed by atoms with Crippen LogP contribution in [0.15, 0.2) is 29.2 Å². The van der Waals surface area contributed by atoms with Crippen molar-refractivity contribution >= 4 is 28.2 Å². The minimum Gasteiger partial charge on any atom is -0.464 e. The van der Waals surface area contributed by atoms with Crippen LogP contribution >= 0.6 is 0 Å². The smallest absolute Gasteiger partial charge is 0.421 e. The topological polar surface area (TPSA) is 104 Å². The van der Waals surface area contributed by atoms with Gasteiger partial charge in [-0.3, -0.25) is 4.79 Å². The number of rotatable bonds is 4. The number of nitrogens with zero attached hydrogens (tertiary/aromatic N) is 1. The highest BCUT2D eigenvalue weighted by Gasteiger charge is 2.24. The van der Waals surface area contributed by atoms with Gasteiger partial charge in [-0.2, -0.15) is 0 Å². The van der Waals surface area contributed by atoms with Crippen molar-refractivity contribution < 1.29 is 23.1 Å². The molecule has 0 atom stereocenters. The number of carbonyl (C=O) groups is 2. The summed E-state index contributed by atoms with van der Waals surface area (Å²) in [4.78, 5) is 20.5. The summed E-state index contributed by atoms with van der Waals surface area (Å²) in [5.74, 6) is 0. The van der Waals surface area contributed by atoms with Crippen LogP contribution in [-0.2, 0) is 14.8 Å². The number of carboxylic acid groups (broad SMARTS) is 1. The molecule has 0 saturated heterocycles. The van der Waals surface area contributed by atoms with Crippen LogP contribution in [-0.4, -0.2) is 37.4 Å². The molecule has 0 spiro atoms. The van der Waals surface area contributed by atoms with Gasteiger partial charge in [0.1, 0.15) is 0 Å². The lowest BCUT2D eigenvalue weighted by molar-refractivity contribution is -0.105. The van der Waals surface area contributed by atoms with Crippen molar-refractivity contribution in [3.8, 4) is 0 Å². The first kappa shape index (κ1) is 13.0. The minimum absolute atomic E-state index is 0.168. The molecule has 8 heteroatoms. The van der Waals surface area contributed by atoms with Gasteiger partial charge < -0.3 is 10.4 Å². The lowest BCUT2D eigenvalue weighted by atomic mass is 10.3. The van der Waals surface area contributed by atoms with E-state index in [1.54, 1.807) is 0 Å². The van der Waals surface area contributed by atoms with Crippen LogP contribution < -0.4 is 5.32 Å². The van der Waals surface area contributed by atoms with E-state index in [9.17, 15) is 18.0 Å². The molecule has 1 rings (SSSR count). The standard InChI is InChI=1S/C9H10N2O5S/c1-11(9(13)14)17(15,16)8-4-2-7(3-5-8)10-6-12/h2-6H,1H3,(H,10,12)(H,13,14). The molecule has 0 fully saturated rings. The molecule has 0 heterocycles. The molecule has 0 aliphatic rings. The first-order valence-electron chi connectivity index (χ1n) is 4.41. The van der Waals surface area contributed by atoms with Gasteiger partial charge in [-0.15, -0.1) is 0 Å². The van der Waals surface area contributed by atoms with E-state index in [1.165, 1.54) is 24.3 Å². The molecule has 92 valence electrons. The van der Waals surface area contributed by atoms with Crippen LogP contribution in [0.3, 0.4) is 0 Å². The average Bonchev–Trinajstić information content (AvgIpc) is 2.29. The van der Waals surface area contributed by atoms with Gasteiger partial charge in [-0.1, -0.05) is 0 Å². The van der Waals surface area contributed by atoms with E-state index >= 15 is 0 Å². The Morgan fingerprint density at radius 1 is 1.35 bits per heavy atom. The molecule has 0 unspecified atom stereocenters. The predicted octanol–water partition coefficient (Wildman–Crippen LogP) is 0.553. The number of nitrogens with one attached hydrogen (secondary N) is 1. The van der Waals surface area contributed by atoms with Crippen LogP contribution in [0.2, 0.25) is 0 Å². The van der Waals surface area contributed by atoms with Gasteiger partial charge in [0.25, 0.3) is 10.0 Å². The fourth-order valence-corrected chi connectivity index (χ4v) is 2.05. The second-order valence-corrected chi connectivity index (χ2v) is 5.01. The summed E-state index contributed by atoms with van der Waals surface area (Å²) in [5, 5.41) is 10.9. The lowest BCUT2D eigenvalue weighted by Crippen LogP contribution is -2.31. The maximum atomic E-state index is 11.7. The number of carbonyl (C=O) groups excluding carboxylic acids is 1. The third-order valence-corrected chi connectivity index (χ3v) is 3.75. The Bertz CT molecular complexity index is 523. The number of hydrogen-bond donors (Lipinski definition) is 2. The van der Waals surface area contributed by atoms with E-state index in [4.69, 9.17) is 5.11 Å². The molecule has 2 amide bonds. The largest absolute Gasteiger partial charge is 0.464 e. The predicted molar refractivity (Wildman–Crippen MR) is 59.1 cm³/mol. The van der Waals surface area contributed by atoms with Crippen LogP contribution in [0, 0.1) is 0 Å². The normalized spacial score (nSPS) is 10.6. The first-order chi connectivity index (χ1) is 7.89. The molecular formula is C9H10N2O5S. The SMILES string of the molecule is CN(C(=O)O)S(=O)(=O)c1ccc(NC=O)cc1. The Morgan fingerprint density at radius 2 is 1.88 bits per heavy atom. The summed E-state index contributed by atoms with van der Waals surface area (Å²) in [5.41, 5.74) is 0.414. The molecule has 1 aromatic carbocycles. The van der Waals surface area contributed by atoms with Crippen LogP contribution in [0.1, 0.15) is 0 Å². The second kappa shape index (κ2) is 4.83. The maximum Gasteiger partial charge on any atom is 0.421 e. The summed E-state index contributed by atoms with van der Waals surface area (Å²) in [6, 6.07) is 5.13. The number of benzene rings is 1. The van der Waals surface area contributed by atoms with E-state index in [2.05, 4.69) is 5.32 Å². The summed E-state index contributed by atoms with van der Waals surface area (Å²) >= 11 is 0. The quantitative estimate of drug-likeness (QED) is 0.767. The van der Waals surface area contributed by atoms with Crippen LogP contribution in [0.4, 0.5) is 10.5 Å². The van der Waals surface area contributed by atoms with Gasteiger partial charge in [0.2, 0.25) is 6.41 Å². The van der Waals surface area contributed by atoms with Crippen molar-refractivity contribution in [3.05, 3.63) is 24.3 Å². The maximum absolute atomic E-state index is 11.7. The zero-order valence-electron chi connectivity index (χ0n) is 8.82. The Kier molecular flexibility index (Phi) is 3.69. The molecule has 0 bridgehead atoms. The van der Waals surface area contributed by atoms with Gasteiger partial charge in [0, 0.05) is 12.7 Å². The molecule has 0 aromatic heterocycles. The van der Waals surface area contributed by atoms with Crippen molar-refractivity contribution in [2.45, 2.75) is 4.90 Å². The van der Waals surface area contributed by atoms with Crippen molar-refractivity contribution in [1.82, 2.24) is 4.31 Å². The van der Waals surface area contributed by atoms with Crippen molar-refractivity contribution in [1.29, 1.82) is 0 Å². The van der Waals surface area contributed by atoms with Crippen molar-refractivity contribution in [3.63, 3.8) is 0 Å². The Morgan fingerprint density at radius 3 is 2.29 bits per heavy atom. The molecule has 7 nitrogen and oxygen atoms in total.